The molecule has 1 N–H and O–H groups in total. The second-order valence-electron chi connectivity index (χ2n) is 9.03. The minimum atomic E-state index is -0.0187. The zero-order valence-corrected chi connectivity index (χ0v) is 20.7. The first-order chi connectivity index (χ1) is 17.0. The number of urea groups is 1. The summed E-state index contributed by atoms with van der Waals surface area (Å²) in [4.78, 5) is 20.3. The molecule has 1 atom stereocenters. The molecule has 8 heteroatoms. The van der Waals surface area contributed by atoms with Crippen molar-refractivity contribution in [3.05, 3.63) is 59.3 Å². The Labute approximate surface area is 209 Å². The number of carbonyl (C=O) groups is 1. The highest BCUT2D eigenvalue weighted by molar-refractivity contribution is 7.18. The average Bonchev–Trinajstić information content (AvgIpc) is 3.52. The van der Waals surface area contributed by atoms with Gasteiger partial charge in [-0.15, -0.1) is 11.3 Å². The van der Waals surface area contributed by atoms with Crippen molar-refractivity contribution in [3.63, 3.8) is 0 Å². The Balaban J connectivity index is 1.37. The molecule has 2 aliphatic rings. The van der Waals surface area contributed by atoms with E-state index in [0.29, 0.717) is 37.6 Å². The number of rotatable bonds is 5. The summed E-state index contributed by atoms with van der Waals surface area (Å²) in [6, 6.07) is 14.2. The van der Waals surface area contributed by atoms with Gasteiger partial charge in [-0.05, 0) is 61.6 Å². The lowest BCUT2D eigenvalue weighted by Crippen LogP contribution is -2.46. The van der Waals surface area contributed by atoms with E-state index in [2.05, 4.69) is 34.6 Å². The molecule has 1 saturated heterocycles. The summed E-state index contributed by atoms with van der Waals surface area (Å²) in [6.45, 7) is 6.34. The molecule has 2 aromatic carbocycles. The summed E-state index contributed by atoms with van der Waals surface area (Å²) in [5, 5.41) is 13.7. The smallest absolute Gasteiger partial charge is 0.318 e. The Bertz CT molecular complexity index is 1270. The van der Waals surface area contributed by atoms with Crippen LogP contribution in [0.3, 0.4) is 0 Å². The monoisotopic (exact) mass is 488 g/mol. The van der Waals surface area contributed by atoms with E-state index in [1.165, 1.54) is 11.1 Å². The number of nitrogens with one attached hydrogen (secondary N) is 1. The molecule has 1 aromatic heterocycles. The van der Waals surface area contributed by atoms with Crippen LogP contribution in [0.25, 0.3) is 21.0 Å². The van der Waals surface area contributed by atoms with Gasteiger partial charge in [-0.25, -0.2) is 9.78 Å². The number of ether oxygens (including phenoxy) is 2. The van der Waals surface area contributed by atoms with Crippen LogP contribution in [0.2, 0.25) is 0 Å². The molecule has 1 aliphatic carbocycles. The molecular weight excluding hydrogens is 460 g/mol. The molecular formula is C27H28N4O3S. The molecule has 7 nitrogen and oxygen atoms in total. The topological polar surface area (TPSA) is 87.5 Å². The van der Waals surface area contributed by atoms with E-state index in [1.807, 2.05) is 43.1 Å². The van der Waals surface area contributed by atoms with Crippen molar-refractivity contribution in [2.45, 2.75) is 38.8 Å². The van der Waals surface area contributed by atoms with Crippen LogP contribution in [0.5, 0.6) is 5.75 Å². The van der Waals surface area contributed by atoms with Crippen molar-refractivity contribution in [2.75, 3.05) is 26.3 Å². The number of aromatic nitrogens is 1. The van der Waals surface area contributed by atoms with Crippen LogP contribution in [-0.4, -0.2) is 48.3 Å². The van der Waals surface area contributed by atoms with Gasteiger partial charge in [0.15, 0.2) is 0 Å². The highest BCUT2D eigenvalue weighted by Crippen LogP contribution is 2.41. The van der Waals surface area contributed by atoms with E-state index in [9.17, 15) is 10.1 Å². The summed E-state index contributed by atoms with van der Waals surface area (Å²) in [5.74, 6) is 0.592. The molecule has 1 aliphatic heterocycles. The quantitative estimate of drug-likeness (QED) is 0.536. The van der Waals surface area contributed by atoms with Crippen molar-refractivity contribution in [2.24, 2.45) is 0 Å². The molecule has 35 heavy (non-hydrogen) atoms. The predicted octanol–water partition coefficient (Wildman–Crippen LogP) is 5.17. The lowest BCUT2D eigenvalue weighted by atomic mass is 10.0. The molecule has 5 rings (SSSR count). The van der Waals surface area contributed by atoms with Crippen LogP contribution in [0.1, 0.15) is 43.0 Å². The predicted molar refractivity (Wildman–Crippen MR) is 135 cm³/mol. The molecule has 0 spiro atoms. The molecule has 0 radical (unpaired) electrons. The van der Waals surface area contributed by atoms with Gasteiger partial charge in [-0.1, -0.05) is 18.2 Å². The van der Waals surface area contributed by atoms with Gasteiger partial charge in [0.05, 0.1) is 35.8 Å². The van der Waals surface area contributed by atoms with Crippen molar-refractivity contribution in [1.82, 2.24) is 15.2 Å². The number of amides is 2. The normalized spacial score (nSPS) is 17.2. The number of nitrogens with zero attached hydrogens (tertiary/aromatic N) is 3. The molecule has 2 amide bonds. The van der Waals surface area contributed by atoms with Gasteiger partial charge < -0.3 is 19.7 Å². The SMILES string of the molecule is CC(C)Oc1ccc(-c2ncc(-c3cccc4c3CC[C@H]4NC(=O)N3CCOCC3)s2)cc1C#N. The number of benzene rings is 2. The number of hydrogen-bond donors (Lipinski definition) is 1. The standard InChI is InChI=1S/C27H28N4O3S/c1-17(2)34-24-9-6-18(14-19(24)15-28)26-29-16-25(35-26)22-5-3-4-21-20(22)7-8-23(21)30-27(32)31-10-12-33-13-11-31/h3-6,9,14,16-17,23H,7-8,10-13H2,1-2H3,(H,30,32)/t23-/m1/s1. The minimum Gasteiger partial charge on any atom is -0.490 e. The lowest BCUT2D eigenvalue weighted by Gasteiger charge is -2.28. The van der Waals surface area contributed by atoms with E-state index in [0.717, 1.165) is 33.9 Å². The van der Waals surface area contributed by atoms with Crippen LogP contribution in [0, 0.1) is 11.3 Å². The number of nitriles is 1. The van der Waals surface area contributed by atoms with Gasteiger partial charge >= 0.3 is 6.03 Å². The van der Waals surface area contributed by atoms with Crippen molar-refractivity contribution in [3.8, 4) is 32.8 Å². The first-order valence-corrected chi connectivity index (χ1v) is 12.8. The fourth-order valence-electron chi connectivity index (χ4n) is 4.68. The zero-order chi connectivity index (χ0) is 24.4. The molecule has 2 heterocycles. The van der Waals surface area contributed by atoms with Crippen LogP contribution in [0.4, 0.5) is 4.79 Å². The highest BCUT2D eigenvalue weighted by atomic mass is 32.1. The van der Waals surface area contributed by atoms with Gasteiger partial charge in [0.1, 0.15) is 16.8 Å². The maximum Gasteiger partial charge on any atom is 0.318 e. The summed E-state index contributed by atoms with van der Waals surface area (Å²) in [6.07, 6.45) is 3.70. The Hall–Kier alpha value is -3.41. The van der Waals surface area contributed by atoms with Crippen molar-refractivity contribution < 1.29 is 14.3 Å². The molecule has 3 aromatic rings. The first-order valence-electron chi connectivity index (χ1n) is 12.0. The molecule has 180 valence electrons. The van der Waals surface area contributed by atoms with Crippen LogP contribution < -0.4 is 10.1 Å². The number of thiazole rings is 1. The van der Waals surface area contributed by atoms with Crippen LogP contribution >= 0.6 is 11.3 Å². The van der Waals surface area contributed by atoms with E-state index in [4.69, 9.17) is 9.47 Å². The van der Waals surface area contributed by atoms with Crippen molar-refractivity contribution in [1.29, 1.82) is 5.26 Å². The van der Waals surface area contributed by atoms with Crippen LogP contribution in [-0.2, 0) is 11.2 Å². The Morgan fingerprint density at radius 1 is 1.29 bits per heavy atom. The maximum absolute atomic E-state index is 12.7. The third-order valence-electron chi connectivity index (χ3n) is 6.35. The molecule has 0 bridgehead atoms. The summed E-state index contributed by atoms with van der Waals surface area (Å²) >= 11 is 1.61. The Morgan fingerprint density at radius 3 is 2.89 bits per heavy atom. The highest BCUT2D eigenvalue weighted by Gasteiger charge is 2.28. The number of carbonyl (C=O) groups excluding carboxylic acids is 1. The second-order valence-corrected chi connectivity index (χ2v) is 10.1. The fraction of sp³-hybridized carbons (Fsp3) is 0.370. The fourth-order valence-corrected chi connectivity index (χ4v) is 5.65. The summed E-state index contributed by atoms with van der Waals surface area (Å²) in [7, 11) is 0. The van der Waals surface area contributed by atoms with Gasteiger partial charge in [0.25, 0.3) is 0 Å². The van der Waals surface area contributed by atoms with E-state index in [-0.39, 0.29) is 18.2 Å². The maximum atomic E-state index is 12.7. The second kappa shape index (κ2) is 10.1. The molecule has 0 saturated carbocycles. The van der Waals surface area contributed by atoms with E-state index < -0.39 is 0 Å². The number of fused-ring (bicyclic) bond motifs is 1. The third-order valence-corrected chi connectivity index (χ3v) is 7.43. The van der Waals surface area contributed by atoms with Gasteiger partial charge in [0.2, 0.25) is 0 Å². The number of hydrogen-bond acceptors (Lipinski definition) is 6. The van der Waals surface area contributed by atoms with Gasteiger partial charge in [-0.2, -0.15) is 5.26 Å². The Morgan fingerprint density at radius 2 is 2.11 bits per heavy atom. The van der Waals surface area contributed by atoms with E-state index >= 15 is 0 Å². The van der Waals surface area contributed by atoms with Crippen LogP contribution in [0.15, 0.2) is 42.6 Å². The largest absolute Gasteiger partial charge is 0.490 e. The summed E-state index contributed by atoms with van der Waals surface area (Å²) in [5.41, 5.74) is 5.02. The first kappa shape index (κ1) is 23.3. The number of morpholine rings is 1. The summed E-state index contributed by atoms with van der Waals surface area (Å²) < 4.78 is 11.1. The van der Waals surface area contributed by atoms with E-state index in [1.54, 1.807) is 11.3 Å². The minimum absolute atomic E-state index is 0.00192. The lowest BCUT2D eigenvalue weighted by molar-refractivity contribution is 0.0525. The Kier molecular flexibility index (Phi) is 6.71. The molecule has 0 unspecified atom stereocenters. The van der Waals surface area contributed by atoms with Gasteiger partial charge in [-0.3, -0.25) is 0 Å². The average molecular weight is 489 g/mol. The van der Waals surface area contributed by atoms with Gasteiger partial charge in [0, 0.05) is 24.8 Å². The van der Waals surface area contributed by atoms with Crippen molar-refractivity contribution >= 4 is 17.4 Å². The zero-order valence-electron chi connectivity index (χ0n) is 19.9. The molecule has 1 fully saturated rings. The third kappa shape index (κ3) is 4.88.